The molecule has 0 aliphatic rings. The van der Waals surface area contributed by atoms with Gasteiger partial charge in [-0.15, -0.1) is 0 Å². The molecular formula is C54H45N3. The molecule has 0 amide bonds. The number of para-hydroxylation sites is 3. The van der Waals surface area contributed by atoms with Crippen molar-refractivity contribution in [1.82, 2.24) is 13.7 Å². The molecule has 0 N–H and O–H groups in total. The van der Waals surface area contributed by atoms with E-state index in [0.717, 1.165) is 36.3 Å². The quantitative estimate of drug-likeness (QED) is 0.131. The Balaban J connectivity index is 1.03. The Morgan fingerprint density at radius 1 is 0.281 bits per heavy atom. The fraction of sp³-hybridized carbons (Fsp3) is 0.111. The number of fused-ring (bicyclic) bond motifs is 9. The normalized spacial score (nSPS) is 12.5. The Morgan fingerprint density at radius 2 is 0.596 bits per heavy atom. The van der Waals surface area contributed by atoms with Crippen LogP contribution in [-0.4, -0.2) is 13.7 Å². The second kappa shape index (κ2) is 14.3. The lowest BCUT2D eigenvalue weighted by Gasteiger charge is -2.05. The molecule has 0 atom stereocenters. The van der Waals surface area contributed by atoms with E-state index in [1.807, 2.05) is 0 Å². The molecule has 57 heavy (non-hydrogen) atoms. The molecule has 0 saturated heterocycles. The molecule has 0 bridgehead atoms. The standard InChI is InChI=1S/C54H45N3/c1-4-55-50-17-11-8-14-44(50)47-34-37(26-29-52(47)55)19-22-40-31-41(23-20-38-27-30-53-48(35-38)45-15-9-12-18-51(45)56(53)5-2)33-42(32-40)24-21-39-25-28-46-43-13-7-10-16-49(43)57(6-3)54(46)36-39/h7-36H,4-6H2,1-3H3/b22-19+,23-20+,24-21+. The molecule has 7 aromatic carbocycles. The van der Waals surface area contributed by atoms with Crippen molar-refractivity contribution in [3.05, 3.63) is 179 Å². The van der Waals surface area contributed by atoms with Crippen LogP contribution >= 0.6 is 0 Å². The lowest BCUT2D eigenvalue weighted by Crippen LogP contribution is -1.92. The predicted molar refractivity (Wildman–Crippen MR) is 249 cm³/mol. The zero-order valence-corrected chi connectivity index (χ0v) is 32.8. The highest BCUT2D eigenvalue weighted by Gasteiger charge is 2.12. The van der Waals surface area contributed by atoms with E-state index >= 15 is 0 Å². The average molecular weight is 736 g/mol. The van der Waals surface area contributed by atoms with Crippen LogP contribution in [0.4, 0.5) is 0 Å². The predicted octanol–water partition coefficient (Wildman–Crippen LogP) is 14.6. The maximum atomic E-state index is 2.42. The Hall–Kier alpha value is -6.84. The van der Waals surface area contributed by atoms with Gasteiger partial charge in [-0.1, -0.05) is 115 Å². The zero-order valence-electron chi connectivity index (χ0n) is 32.8. The smallest absolute Gasteiger partial charge is 0.0497 e. The number of rotatable bonds is 9. The first-order valence-electron chi connectivity index (χ1n) is 20.3. The Labute approximate surface area is 333 Å². The lowest BCUT2D eigenvalue weighted by molar-refractivity contribution is 0.827. The lowest BCUT2D eigenvalue weighted by atomic mass is 10.0. The van der Waals surface area contributed by atoms with Crippen LogP contribution in [0.15, 0.2) is 146 Å². The molecule has 10 aromatic rings. The van der Waals surface area contributed by atoms with Crippen molar-refractivity contribution >= 4 is 102 Å². The van der Waals surface area contributed by atoms with E-state index in [2.05, 4.69) is 217 Å². The van der Waals surface area contributed by atoms with Crippen molar-refractivity contribution in [3.8, 4) is 0 Å². The summed E-state index contributed by atoms with van der Waals surface area (Å²) < 4.78 is 7.24. The van der Waals surface area contributed by atoms with Gasteiger partial charge in [0, 0.05) is 85.1 Å². The fourth-order valence-corrected chi connectivity index (χ4v) is 9.11. The Morgan fingerprint density at radius 3 is 1.04 bits per heavy atom. The molecule has 3 heteroatoms. The van der Waals surface area contributed by atoms with Crippen LogP contribution in [0, 0.1) is 0 Å². The maximum absolute atomic E-state index is 2.42. The number of aromatic nitrogens is 3. The number of nitrogens with zero attached hydrogens (tertiary/aromatic N) is 3. The topological polar surface area (TPSA) is 14.8 Å². The van der Waals surface area contributed by atoms with Gasteiger partial charge in [-0.05, 0) is 121 Å². The first kappa shape index (κ1) is 34.6. The second-order valence-electron chi connectivity index (χ2n) is 15.0. The largest absolute Gasteiger partial charge is 0.341 e. The molecule has 0 fully saturated rings. The third-order valence-corrected chi connectivity index (χ3v) is 11.7. The van der Waals surface area contributed by atoms with Crippen molar-refractivity contribution in [1.29, 1.82) is 0 Å². The van der Waals surface area contributed by atoms with Gasteiger partial charge < -0.3 is 13.7 Å². The van der Waals surface area contributed by atoms with Gasteiger partial charge in [-0.2, -0.15) is 0 Å². The van der Waals surface area contributed by atoms with E-state index in [9.17, 15) is 0 Å². The molecule has 10 rings (SSSR count). The van der Waals surface area contributed by atoms with Crippen LogP contribution < -0.4 is 0 Å². The summed E-state index contributed by atoms with van der Waals surface area (Å²) in [5, 5.41) is 7.82. The third kappa shape index (κ3) is 6.07. The van der Waals surface area contributed by atoms with Crippen molar-refractivity contribution < 1.29 is 0 Å². The van der Waals surface area contributed by atoms with Crippen LogP contribution in [0.1, 0.15) is 54.2 Å². The summed E-state index contributed by atoms with van der Waals surface area (Å²) in [4.78, 5) is 0. The molecule has 0 aliphatic heterocycles. The molecule has 0 unspecified atom stereocenters. The van der Waals surface area contributed by atoms with Crippen LogP contribution in [-0.2, 0) is 19.6 Å². The monoisotopic (exact) mass is 735 g/mol. The van der Waals surface area contributed by atoms with Gasteiger partial charge in [0.1, 0.15) is 0 Å². The molecule has 276 valence electrons. The van der Waals surface area contributed by atoms with Crippen LogP contribution in [0.25, 0.3) is 102 Å². The SMILES string of the molecule is CCn1c2ccccc2c2cc(/C=C/c3cc(/C=C/c4ccc5c(c4)c4ccccc4n5CC)cc(/C=C/c4ccc5c6ccccc6n(CC)c5c4)c3)ccc21. The van der Waals surface area contributed by atoms with Gasteiger partial charge in [-0.3, -0.25) is 0 Å². The van der Waals surface area contributed by atoms with E-state index in [1.165, 1.54) is 82.1 Å². The van der Waals surface area contributed by atoms with Gasteiger partial charge in [0.15, 0.2) is 0 Å². The highest BCUT2D eigenvalue weighted by Crippen LogP contribution is 2.33. The van der Waals surface area contributed by atoms with E-state index in [1.54, 1.807) is 0 Å². The molecule has 0 spiro atoms. The minimum absolute atomic E-state index is 0.933. The molecule has 3 heterocycles. The maximum Gasteiger partial charge on any atom is 0.0497 e. The minimum atomic E-state index is 0.933. The van der Waals surface area contributed by atoms with Crippen molar-refractivity contribution in [2.24, 2.45) is 0 Å². The summed E-state index contributed by atoms with van der Waals surface area (Å²) in [6, 6.07) is 53.6. The van der Waals surface area contributed by atoms with E-state index in [0.29, 0.717) is 0 Å². The van der Waals surface area contributed by atoms with Gasteiger partial charge in [0.05, 0.1) is 0 Å². The van der Waals surface area contributed by atoms with E-state index < -0.39 is 0 Å². The van der Waals surface area contributed by atoms with Crippen molar-refractivity contribution in [2.75, 3.05) is 0 Å². The molecule has 3 aromatic heterocycles. The number of hydrogen-bond donors (Lipinski definition) is 0. The van der Waals surface area contributed by atoms with E-state index in [4.69, 9.17) is 0 Å². The summed E-state index contributed by atoms with van der Waals surface area (Å²) in [6.45, 7) is 9.50. The summed E-state index contributed by atoms with van der Waals surface area (Å²) >= 11 is 0. The fourth-order valence-electron chi connectivity index (χ4n) is 9.11. The van der Waals surface area contributed by atoms with Gasteiger partial charge in [0.25, 0.3) is 0 Å². The van der Waals surface area contributed by atoms with Gasteiger partial charge in [0.2, 0.25) is 0 Å². The number of benzene rings is 7. The third-order valence-electron chi connectivity index (χ3n) is 11.7. The summed E-state index contributed by atoms with van der Waals surface area (Å²) in [5.41, 5.74) is 14.8. The second-order valence-corrected chi connectivity index (χ2v) is 15.0. The van der Waals surface area contributed by atoms with Gasteiger partial charge >= 0.3 is 0 Å². The minimum Gasteiger partial charge on any atom is -0.341 e. The van der Waals surface area contributed by atoms with Gasteiger partial charge in [-0.25, -0.2) is 0 Å². The summed E-state index contributed by atoms with van der Waals surface area (Å²) in [5.74, 6) is 0. The van der Waals surface area contributed by atoms with Crippen LogP contribution in [0.2, 0.25) is 0 Å². The Kier molecular flexibility index (Phi) is 8.72. The summed E-state index contributed by atoms with van der Waals surface area (Å²) in [6.07, 6.45) is 13.5. The average Bonchev–Trinajstić information content (AvgIpc) is 3.88. The first-order valence-corrected chi connectivity index (χ1v) is 20.3. The van der Waals surface area contributed by atoms with Crippen molar-refractivity contribution in [3.63, 3.8) is 0 Å². The van der Waals surface area contributed by atoms with E-state index in [-0.39, 0.29) is 0 Å². The molecule has 0 saturated carbocycles. The molecule has 0 aliphatic carbocycles. The Bertz CT molecular complexity index is 3100. The number of hydrogen-bond acceptors (Lipinski definition) is 0. The summed E-state index contributed by atoms with van der Waals surface area (Å²) in [7, 11) is 0. The first-order chi connectivity index (χ1) is 28.1. The molecule has 0 radical (unpaired) electrons. The highest BCUT2D eigenvalue weighted by molar-refractivity contribution is 6.10. The van der Waals surface area contributed by atoms with Crippen molar-refractivity contribution in [2.45, 2.75) is 40.4 Å². The molecule has 3 nitrogen and oxygen atoms in total. The highest BCUT2D eigenvalue weighted by atomic mass is 15.0. The van der Waals surface area contributed by atoms with Crippen LogP contribution in [0.3, 0.4) is 0 Å². The molecular weight excluding hydrogens is 691 g/mol. The number of aryl methyl sites for hydroxylation is 3. The van der Waals surface area contributed by atoms with Crippen LogP contribution in [0.5, 0.6) is 0 Å². The zero-order chi connectivity index (χ0) is 38.5.